The molecule has 0 radical (unpaired) electrons. The molecule has 1 aliphatic heterocycles. The summed E-state index contributed by atoms with van der Waals surface area (Å²) < 4.78 is 38.8. The third-order valence-electron chi connectivity index (χ3n) is 3.96. The number of piperidine rings is 1. The highest BCUT2D eigenvalue weighted by molar-refractivity contribution is 5.21. The maximum atomic E-state index is 13.0. The molecule has 106 valence electrons. The van der Waals surface area contributed by atoms with Crippen LogP contribution in [-0.4, -0.2) is 23.9 Å². The number of rotatable bonds is 3. The van der Waals surface area contributed by atoms with Crippen molar-refractivity contribution in [2.24, 2.45) is 5.92 Å². The van der Waals surface area contributed by atoms with Crippen molar-refractivity contribution in [1.29, 1.82) is 0 Å². The van der Waals surface area contributed by atoms with Crippen molar-refractivity contribution < 1.29 is 13.2 Å². The maximum absolute atomic E-state index is 13.0. The Morgan fingerprint density at radius 2 is 1.79 bits per heavy atom. The second-order valence-electron chi connectivity index (χ2n) is 5.52. The minimum absolute atomic E-state index is 0.0339. The molecule has 1 aromatic carbocycles. The van der Waals surface area contributed by atoms with E-state index in [-0.39, 0.29) is 11.9 Å². The Hall–Kier alpha value is -1.03. The normalized spacial score (nSPS) is 25.2. The standard InChI is InChI=1S/C15H20F3N/c1-10(2)19-8-7-12(15(17)18)9-14(19)11-3-5-13(16)6-4-11/h3-6,10,12,14-15H,7-9H2,1-2H3/t12-,14+/m1/s1. The molecule has 0 N–H and O–H groups in total. The summed E-state index contributed by atoms with van der Waals surface area (Å²) in [6, 6.07) is 6.49. The van der Waals surface area contributed by atoms with Crippen LogP contribution in [0.25, 0.3) is 0 Å². The molecule has 0 unspecified atom stereocenters. The molecule has 2 atom stereocenters. The fourth-order valence-corrected chi connectivity index (χ4v) is 2.87. The van der Waals surface area contributed by atoms with Crippen LogP contribution >= 0.6 is 0 Å². The molecule has 1 aliphatic rings. The van der Waals surface area contributed by atoms with E-state index in [1.54, 1.807) is 12.1 Å². The predicted octanol–water partition coefficient (Wildman–Crippen LogP) is 4.25. The van der Waals surface area contributed by atoms with E-state index in [1.807, 2.05) is 0 Å². The van der Waals surface area contributed by atoms with Crippen LogP contribution in [0.4, 0.5) is 13.2 Å². The molecule has 1 aromatic rings. The van der Waals surface area contributed by atoms with Gasteiger partial charge in [0.2, 0.25) is 6.43 Å². The number of likely N-dealkylation sites (tertiary alicyclic amines) is 1. The zero-order chi connectivity index (χ0) is 14.0. The van der Waals surface area contributed by atoms with E-state index in [9.17, 15) is 13.2 Å². The number of hydrogen-bond acceptors (Lipinski definition) is 1. The molecule has 0 amide bonds. The lowest BCUT2D eigenvalue weighted by Crippen LogP contribution is -2.42. The second-order valence-corrected chi connectivity index (χ2v) is 5.52. The number of benzene rings is 1. The first-order valence-electron chi connectivity index (χ1n) is 6.78. The van der Waals surface area contributed by atoms with Crippen LogP contribution in [0, 0.1) is 11.7 Å². The quantitative estimate of drug-likeness (QED) is 0.794. The molecular formula is C15H20F3N. The van der Waals surface area contributed by atoms with Gasteiger partial charge < -0.3 is 0 Å². The second kappa shape index (κ2) is 5.95. The Bertz CT molecular complexity index is 402. The Labute approximate surface area is 112 Å². The number of nitrogens with zero attached hydrogens (tertiary/aromatic N) is 1. The third kappa shape index (κ3) is 3.30. The molecule has 0 aromatic heterocycles. The average molecular weight is 271 g/mol. The maximum Gasteiger partial charge on any atom is 0.241 e. The summed E-state index contributed by atoms with van der Waals surface area (Å²) in [4.78, 5) is 2.23. The average Bonchev–Trinajstić information content (AvgIpc) is 2.38. The minimum Gasteiger partial charge on any atom is -0.294 e. The summed E-state index contributed by atoms with van der Waals surface area (Å²) in [6.45, 7) is 4.81. The van der Waals surface area contributed by atoms with Crippen molar-refractivity contribution in [1.82, 2.24) is 4.90 Å². The molecule has 1 nitrogen and oxygen atoms in total. The Balaban J connectivity index is 2.22. The largest absolute Gasteiger partial charge is 0.294 e. The molecular weight excluding hydrogens is 251 g/mol. The van der Waals surface area contributed by atoms with Gasteiger partial charge in [0, 0.05) is 18.0 Å². The van der Waals surface area contributed by atoms with Gasteiger partial charge in [-0.05, 0) is 50.9 Å². The smallest absolute Gasteiger partial charge is 0.241 e. The molecule has 2 rings (SSSR count). The lowest BCUT2D eigenvalue weighted by atomic mass is 9.86. The summed E-state index contributed by atoms with van der Waals surface area (Å²) in [5.41, 5.74) is 0.931. The van der Waals surface area contributed by atoms with Gasteiger partial charge >= 0.3 is 0 Å². The van der Waals surface area contributed by atoms with Crippen LogP contribution in [0.5, 0.6) is 0 Å². The zero-order valence-corrected chi connectivity index (χ0v) is 11.3. The van der Waals surface area contributed by atoms with Crippen LogP contribution in [-0.2, 0) is 0 Å². The van der Waals surface area contributed by atoms with Gasteiger partial charge in [0.15, 0.2) is 0 Å². The Kier molecular flexibility index (Phi) is 4.50. The predicted molar refractivity (Wildman–Crippen MR) is 69.7 cm³/mol. The van der Waals surface area contributed by atoms with Crippen LogP contribution in [0.1, 0.15) is 38.3 Å². The first-order chi connectivity index (χ1) is 8.99. The molecule has 0 bridgehead atoms. The SMILES string of the molecule is CC(C)N1CC[C@@H](C(F)F)C[C@H]1c1ccc(F)cc1. The van der Waals surface area contributed by atoms with Crippen LogP contribution in [0.3, 0.4) is 0 Å². The number of hydrogen-bond donors (Lipinski definition) is 0. The highest BCUT2D eigenvalue weighted by Crippen LogP contribution is 2.37. The van der Waals surface area contributed by atoms with Crippen molar-refractivity contribution in [3.05, 3.63) is 35.6 Å². The van der Waals surface area contributed by atoms with E-state index in [0.29, 0.717) is 25.4 Å². The van der Waals surface area contributed by atoms with Gasteiger partial charge in [-0.25, -0.2) is 13.2 Å². The number of alkyl halides is 2. The lowest BCUT2D eigenvalue weighted by Gasteiger charge is -2.42. The fraction of sp³-hybridized carbons (Fsp3) is 0.600. The van der Waals surface area contributed by atoms with Gasteiger partial charge in [0.05, 0.1) is 0 Å². The van der Waals surface area contributed by atoms with Gasteiger partial charge in [-0.2, -0.15) is 0 Å². The summed E-state index contributed by atoms with van der Waals surface area (Å²) in [6.07, 6.45) is -1.29. The van der Waals surface area contributed by atoms with E-state index in [0.717, 1.165) is 5.56 Å². The van der Waals surface area contributed by atoms with Gasteiger partial charge in [-0.3, -0.25) is 4.90 Å². The first-order valence-corrected chi connectivity index (χ1v) is 6.78. The molecule has 0 aliphatic carbocycles. The Morgan fingerprint density at radius 1 is 1.16 bits per heavy atom. The van der Waals surface area contributed by atoms with Crippen molar-refractivity contribution in [3.8, 4) is 0 Å². The summed E-state index contributed by atoms with van der Waals surface area (Å²) in [7, 11) is 0. The third-order valence-corrected chi connectivity index (χ3v) is 3.96. The van der Waals surface area contributed by atoms with Gasteiger partial charge in [-0.1, -0.05) is 12.1 Å². The highest BCUT2D eigenvalue weighted by Gasteiger charge is 2.34. The van der Waals surface area contributed by atoms with Crippen LogP contribution in [0.15, 0.2) is 24.3 Å². The van der Waals surface area contributed by atoms with Gasteiger partial charge in [0.25, 0.3) is 0 Å². The molecule has 1 fully saturated rings. The van der Waals surface area contributed by atoms with Gasteiger partial charge in [0.1, 0.15) is 5.82 Å². The fourth-order valence-electron chi connectivity index (χ4n) is 2.87. The van der Waals surface area contributed by atoms with Crippen molar-refractivity contribution in [2.45, 2.75) is 45.2 Å². The van der Waals surface area contributed by atoms with E-state index in [4.69, 9.17) is 0 Å². The molecule has 0 saturated carbocycles. The van der Waals surface area contributed by atoms with Crippen molar-refractivity contribution in [2.75, 3.05) is 6.54 Å². The minimum atomic E-state index is -2.27. The monoisotopic (exact) mass is 271 g/mol. The van der Waals surface area contributed by atoms with Gasteiger partial charge in [-0.15, -0.1) is 0 Å². The molecule has 4 heteroatoms. The molecule has 0 spiro atoms. The first kappa shape index (κ1) is 14.4. The van der Waals surface area contributed by atoms with E-state index in [2.05, 4.69) is 18.7 Å². The summed E-state index contributed by atoms with van der Waals surface area (Å²) >= 11 is 0. The van der Waals surface area contributed by atoms with E-state index in [1.165, 1.54) is 12.1 Å². The van der Waals surface area contributed by atoms with Crippen LogP contribution < -0.4 is 0 Å². The topological polar surface area (TPSA) is 3.24 Å². The molecule has 1 saturated heterocycles. The summed E-state index contributed by atoms with van der Waals surface area (Å²) in [5.74, 6) is -0.842. The van der Waals surface area contributed by atoms with Crippen molar-refractivity contribution >= 4 is 0 Å². The number of halogens is 3. The highest BCUT2D eigenvalue weighted by atomic mass is 19.3. The van der Waals surface area contributed by atoms with Crippen LogP contribution in [0.2, 0.25) is 0 Å². The Morgan fingerprint density at radius 3 is 2.32 bits per heavy atom. The zero-order valence-electron chi connectivity index (χ0n) is 11.3. The van der Waals surface area contributed by atoms with E-state index >= 15 is 0 Å². The van der Waals surface area contributed by atoms with Crippen molar-refractivity contribution in [3.63, 3.8) is 0 Å². The summed E-state index contributed by atoms with van der Waals surface area (Å²) in [5, 5.41) is 0. The molecule has 1 heterocycles. The molecule has 19 heavy (non-hydrogen) atoms. The lowest BCUT2D eigenvalue weighted by molar-refractivity contribution is -0.000513. The van der Waals surface area contributed by atoms with E-state index < -0.39 is 12.3 Å².